The van der Waals surface area contributed by atoms with Crippen molar-refractivity contribution in [2.24, 2.45) is 5.92 Å². The zero-order valence-corrected chi connectivity index (χ0v) is 11.4. The second-order valence-electron chi connectivity index (χ2n) is 5.83. The van der Waals surface area contributed by atoms with E-state index in [4.69, 9.17) is 4.74 Å². The number of rotatable bonds is 3. The van der Waals surface area contributed by atoms with E-state index in [0.29, 0.717) is 18.1 Å². The fraction of sp³-hybridized carbons (Fsp3) is 0.625. The molecule has 2 heteroatoms. The van der Waals surface area contributed by atoms with Gasteiger partial charge in [0, 0.05) is 19.2 Å². The van der Waals surface area contributed by atoms with E-state index in [0.717, 1.165) is 13.2 Å². The van der Waals surface area contributed by atoms with Gasteiger partial charge in [-0.25, -0.2) is 0 Å². The summed E-state index contributed by atoms with van der Waals surface area (Å²) in [5.41, 5.74) is 4.44. The standard InChI is InChI=1S/C16H23NO/c1-11-3-4-13-5-6-16(15(13)9-11)17-10-14-7-8-18-12(14)2/h3-4,9,12,14,16-17H,5-8,10H2,1-2H3. The predicted molar refractivity (Wildman–Crippen MR) is 73.8 cm³/mol. The molecule has 1 saturated heterocycles. The summed E-state index contributed by atoms with van der Waals surface area (Å²) in [5.74, 6) is 0.693. The summed E-state index contributed by atoms with van der Waals surface area (Å²) in [7, 11) is 0. The van der Waals surface area contributed by atoms with Crippen LogP contribution in [0, 0.1) is 12.8 Å². The van der Waals surface area contributed by atoms with E-state index >= 15 is 0 Å². The maximum atomic E-state index is 5.63. The normalized spacial score (nSPS) is 30.7. The Labute approximate surface area is 110 Å². The minimum Gasteiger partial charge on any atom is -0.378 e. The molecule has 3 atom stereocenters. The monoisotopic (exact) mass is 245 g/mol. The van der Waals surface area contributed by atoms with Crippen LogP contribution in [0.2, 0.25) is 0 Å². The van der Waals surface area contributed by atoms with Crippen molar-refractivity contribution in [3.63, 3.8) is 0 Å². The smallest absolute Gasteiger partial charge is 0.0588 e. The first kappa shape index (κ1) is 12.2. The second-order valence-corrected chi connectivity index (χ2v) is 5.83. The molecule has 98 valence electrons. The Balaban J connectivity index is 1.64. The van der Waals surface area contributed by atoms with Gasteiger partial charge in [0.15, 0.2) is 0 Å². The highest BCUT2D eigenvalue weighted by Gasteiger charge is 2.27. The van der Waals surface area contributed by atoms with Crippen LogP contribution in [0.1, 0.15) is 42.5 Å². The van der Waals surface area contributed by atoms with Crippen LogP contribution in [-0.2, 0) is 11.2 Å². The van der Waals surface area contributed by atoms with Crippen LogP contribution in [0.15, 0.2) is 18.2 Å². The third-order valence-corrected chi connectivity index (χ3v) is 4.54. The highest BCUT2D eigenvalue weighted by atomic mass is 16.5. The van der Waals surface area contributed by atoms with Crippen molar-refractivity contribution in [2.45, 2.75) is 45.3 Å². The Morgan fingerprint density at radius 3 is 3.00 bits per heavy atom. The van der Waals surface area contributed by atoms with Crippen molar-refractivity contribution >= 4 is 0 Å². The molecule has 1 aliphatic heterocycles. The molecule has 0 radical (unpaired) electrons. The van der Waals surface area contributed by atoms with E-state index in [9.17, 15) is 0 Å². The second kappa shape index (κ2) is 5.02. The van der Waals surface area contributed by atoms with Gasteiger partial charge in [-0.2, -0.15) is 0 Å². The summed E-state index contributed by atoms with van der Waals surface area (Å²) >= 11 is 0. The first-order valence-electron chi connectivity index (χ1n) is 7.18. The molecule has 18 heavy (non-hydrogen) atoms. The van der Waals surface area contributed by atoms with Crippen LogP contribution >= 0.6 is 0 Å². The quantitative estimate of drug-likeness (QED) is 0.884. The van der Waals surface area contributed by atoms with Crippen LogP contribution in [0.25, 0.3) is 0 Å². The molecule has 0 aromatic heterocycles. The van der Waals surface area contributed by atoms with Crippen molar-refractivity contribution in [3.8, 4) is 0 Å². The van der Waals surface area contributed by atoms with Crippen LogP contribution in [0.5, 0.6) is 0 Å². The minimum absolute atomic E-state index is 0.427. The molecule has 0 spiro atoms. The van der Waals surface area contributed by atoms with Gasteiger partial charge >= 0.3 is 0 Å². The molecule has 1 N–H and O–H groups in total. The third kappa shape index (κ3) is 2.32. The molecular formula is C16H23NO. The van der Waals surface area contributed by atoms with Crippen LogP contribution in [0.4, 0.5) is 0 Å². The molecule has 1 aromatic carbocycles. The summed E-state index contributed by atoms with van der Waals surface area (Å²) in [4.78, 5) is 0. The Kier molecular flexibility index (Phi) is 3.40. The fourth-order valence-electron chi connectivity index (χ4n) is 3.27. The largest absolute Gasteiger partial charge is 0.378 e. The highest BCUT2D eigenvalue weighted by Crippen LogP contribution is 2.32. The first-order valence-corrected chi connectivity index (χ1v) is 7.18. The molecule has 2 aliphatic rings. The van der Waals surface area contributed by atoms with Crippen molar-refractivity contribution < 1.29 is 4.74 Å². The van der Waals surface area contributed by atoms with Gasteiger partial charge in [0.2, 0.25) is 0 Å². The topological polar surface area (TPSA) is 21.3 Å². The molecule has 1 aromatic rings. The Bertz CT molecular complexity index is 429. The summed E-state index contributed by atoms with van der Waals surface area (Å²) in [5, 5.41) is 3.76. The van der Waals surface area contributed by atoms with Gasteiger partial charge in [0.25, 0.3) is 0 Å². The maximum absolute atomic E-state index is 5.63. The molecular weight excluding hydrogens is 222 g/mol. The van der Waals surface area contributed by atoms with Gasteiger partial charge in [-0.3, -0.25) is 0 Å². The van der Waals surface area contributed by atoms with Gasteiger partial charge in [0.05, 0.1) is 6.10 Å². The van der Waals surface area contributed by atoms with Gasteiger partial charge in [-0.15, -0.1) is 0 Å². The molecule has 1 heterocycles. The predicted octanol–water partition coefficient (Wildman–Crippen LogP) is 3.00. The average Bonchev–Trinajstić information content (AvgIpc) is 2.93. The fourth-order valence-corrected chi connectivity index (χ4v) is 3.27. The Hall–Kier alpha value is -0.860. The lowest BCUT2D eigenvalue weighted by atomic mass is 10.0. The van der Waals surface area contributed by atoms with Gasteiger partial charge in [0.1, 0.15) is 0 Å². The molecule has 3 unspecified atom stereocenters. The molecule has 3 rings (SSSR count). The number of fused-ring (bicyclic) bond motifs is 1. The third-order valence-electron chi connectivity index (χ3n) is 4.54. The summed E-state index contributed by atoms with van der Waals surface area (Å²) in [6.45, 7) is 6.42. The molecule has 0 amide bonds. The van der Waals surface area contributed by atoms with Crippen LogP contribution in [0.3, 0.4) is 0 Å². The zero-order valence-electron chi connectivity index (χ0n) is 11.4. The number of nitrogens with one attached hydrogen (secondary N) is 1. The van der Waals surface area contributed by atoms with E-state index in [1.54, 1.807) is 0 Å². The van der Waals surface area contributed by atoms with E-state index in [2.05, 4.69) is 37.4 Å². The first-order chi connectivity index (χ1) is 8.74. The Morgan fingerprint density at radius 2 is 2.22 bits per heavy atom. The van der Waals surface area contributed by atoms with E-state index < -0.39 is 0 Å². The molecule has 2 nitrogen and oxygen atoms in total. The summed E-state index contributed by atoms with van der Waals surface area (Å²) in [6, 6.07) is 7.45. The lowest BCUT2D eigenvalue weighted by Crippen LogP contribution is -2.29. The lowest BCUT2D eigenvalue weighted by Gasteiger charge is -2.19. The van der Waals surface area contributed by atoms with Gasteiger partial charge < -0.3 is 10.1 Å². The molecule has 1 fully saturated rings. The van der Waals surface area contributed by atoms with Crippen molar-refractivity contribution in [3.05, 3.63) is 34.9 Å². The SMILES string of the molecule is Cc1ccc2c(c1)C(NCC1CCOC1C)CC2. The van der Waals surface area contributed by atoms with E-state index in [-0.39, 0.29) is 0 Å². The van der Waals surface area contributed by atoms with E-state index in [1.807, 2.05) is 0 Å². The molecule has 1 aliphatic carbocycles. The highest BCUT2D eigenvalue weighted by molar-refractivity contribution is 5.37. The number of hydrogen-bond donors (Lipinski definition) is 1. The van der Waals surface area contributed by atoms with Crippen molar-refractivity contribution in [1.82, 2.24) is 5.32 Å². The van der Waals surface area contributed by atoms with Gasteiger partial charge in [-0.05, 0) is 50.2 Å². The lowest BCUT2D eigenvalue weighted by molar-refractivity contribution is 0.105. The van der Waals surface area contributed by atoms with Crippen molar-refractivity contribution in [2.75, 3.05) is 13.2 Å². The summed E-state index contributed by atoms with van der Waals surface area (Å²) in [6.07, 6.45) is 4.11. The minimum atomic E-state index is 0.427. The zero-order chi connectivity index (χ0) is 12.5. The molecule has 0 bridgehead atoms. The maximum Gasteiger partial charge on any atom is 0.0588 e. The summed E-state index contributed by atoms with van der Waals surface area (Å²) < 4.78 is 5.63. The van der Waals surface area contributed by atoms with Crippen molar-refractivity contribution in [1.29, 1.82) is 0 Å². The number of hydrogen-bond acceptors (Lipinski definition) is 2. The molecule has 0 saturated carbocycles. The number of ether oxygens (including phenoxy) is 1. The number of benzene rings is 1. The van der Waals surface area contributed by atoms with Crippen LogP contribution < -0.4 is 5.32 Å². The Morgan fingerprint density at radius 1 is 1.33 bits per heavy atom. The van der Waals surface area contributed by atoms with Gasteiger partial charge in [-0.1, -0.05) is 23.8 Å². The van der Waals surface area contributed by atoms with E-state index in [1.165, 1.54) is 36.0 Å². The van der Waals surface area contributed by atoms with Crippen LogP contribution in [-0.4, -0.2) is 19.3 Å². The average molecular weight is 245 g/mol. The number of aryl methyl sites for hydroxylation is 2.